The van der Waals surface area contributed by atoms with E-state index in [2.05, 4.69) is 24.2 Å². The van der Waals surface area contributed by atoms with E-state index in [-0.39, 0.29) is 84.4 Å². The highest BCUT2D eigenvalue weighted by atomic mass is 32.2. The highest BCUT2D eigenvalue weighted by Crippen LogP contribution is 2.40. The summed E-state index contributed by atoms with van der Waals surface area (Å²) in [6.45, 7) is 2.80. The summed E-state index contributed by atoms with van der Waals surface area (Å²) in [6, 6.07) is 0. The van der Waals surface area contributed by atoms with Crippen molar-refractivity contribution in [3.05, 3.63) is 0 Å². The molecule has 1 aliphatic carbocycles. The first-order valence-corrected chi connectivity index (χ1v) is 18.8. The molecular formula is C28H50N4O8P2S2. The fourth-order valence-electron chi connectivity index (χ4n) is 4.01. The molecule has 0 heterocycles. The number of ketones is 3. The molecule has 1 rings (SSSR count). The van der Waals surface area contributed by atoms with E-state index in [1.165, 1.54) is 43.3 Å². The third-order valence-electron chi connectivity index (χ3n) is 6.48. The Morgan fingerprint density at radius 2 is 1.61 bits per heavy atom. The Morgan fingerprint density at radius 1 is 0.977 bits per heavy atom. The summed E-state index contributed by atoms with van der Waals surface area (Å²) >= 11 is 3.98. The summed E-state index contributed by atoms with van der Waals surface area (Å²) < 4.78 is 19.3. The van der Waals surface area contributed by atoms with E-state index >= 15 is 0 Å². The summed E-state index contributed by atoms with van der Waals surface area (Å²) in [5, 5.41) is 1.34. The molecule has 12 nitrogen and oxygen atoms in total. The smallest absolute Gasteiger partial charge is 0.338 e. The van der Waals surface area contributed by atoms with Crippen LogP contribution >= 0.6 is 41.3 Å². The standard InChI is InChI=1S/C28H50N4O8P2S2/c1-3-4-11-43-24-7-8-25(24)44-12-5-6-22(34)16-32(18-27(37)40-30-14-23(35)19-41)10-9-31(15-21(2)33)17-26(36)39-20-42-28(38)13-29/h24-25,30,42H,3-20,29,41H2,1-2H3/i19T/hT. The Bertz CT molecular complexity index is 990. The molecule has 5 unspecified atom stereocenters. The number of unbranched alkanes of at least 4 members (excludes halogenated alkanes) is 1. The molecule has 1 saturated carbocycles. The number of hydrogen-bond acceptors (Lipinski definition) is 14. The van der Waals surface area contributed by atoms with Gasteiger partial charge in [0.15, 0.2) is 11.3 Å². The van der Waals surface area contributed by atoms with Crippen molar-refractivity contribution in [3.63, 3.8) is 0 Å². The summed E-state index contributed by atoms with van der Waals surface area (Å²) in [5.74, 6) is -0.0187. The molecule has 0 bridgehead atoms. The number of carbonyl (C=O) groups is 6. The number of nitrogens with two attached hydrogens (primary N) is 1. The largest absolute Gasteiger partial charge is 0.460 e. The van der Waals surface area contributed by atoms with E-state index in [0.717, 1.165) is 12.2 Å². The number of carbonyl (C=O) groups excluding carboxylic acids is 6. The normalized spacial score (nSPS) is 17.7. The fourth-order valence-corrected chi connectivity index (χ4v) is 7.79. The van der Waals surface area contributed by atoms with Gasteiger partial charge in [-0.1, -0.05) is 13.3 Å². The number of hydroxylamine groups is 1. The van der Waals surface area contributed by atoms with Gasteiger partial charge in [0.1, 0.15) is 19.3 Å². The van der Waals surface area contributed by atoms with Gasteiger partial charge in [-0.3, -0.25) is 33.8 Å². The molecule has 0 aromatic rings. The van der Waals surface area contributed by atoms with Crippen LogP contribution < -0.4 is 11.2 Å². The molecule has 252 valence electrons. The third-order valence-corrected chi connectivity index (χ3v) is 10.9. The van der Waals surface area contributed by atoms with Crippen LogP contribution in [0.5, 0.6) is 0 Å². The average molecular weight is 701 g/mol. The number of Topliss-reactive ketones (excluding diaryl/α,β-unsaturated/α-hetero) is 3. The lowest BCUT2D eigenvalue weighted by Crippen LogP contribution is -2.44. The maximum Gasteiger partial charge on any atom is 0.338 e. The molecular weight excluding hydrogens is 646 g/mol. The van der Waals surface area contributed by atoms with Gasteiger partial charge < -0.3 is 15.3 Å². The van der Waals surface area contributed by atoms with E-state index in [1.807, 2.05) is 26.7 Å². The van der Waals surface area contributed by atoms with E-state index < -0.39 is 23.9 Å². The molecule has 5 atom stereocenters. The highest BCUT2D eigenvalue weighted by molar-refractivity contribution is 8.03. The van der Waals surface area contributed by atoms with Crippen molar-refractivity contribution in [1.82, 2.24) is 15.3 Å². The number of thioether (sulfide) groups is 2. The van der Waals surface area contributed by atoms with Crippen LogP contribution in [0.2, 0.25) is 1.41 Å². The summed E-state index contributed by atoms with van der Waals surface area (Å²) in [6.07, 6.45) is 4.81. The van der Waals surface area contributed by atoms with Crippen LogP contribution in [0.15, 0.2) is 0 Å². The van der Waals surface area contributed by atoms with Crippen molar-refractivity contribution in [3.8, 4) is 0 Å². The number of esters is 1. The minimum atomic E-state index is -1.05. The van der Waals surface area contributed by atoms with Gasteiger partial charge in [-0.2, -0.15) is 23.5 Å². The number of nitrogens with one attached hydrogen (secondary N) is 1. The van der Waals surface area contributed by atoms with Crippen LogP contribution in [0.4, 0.5) is 0 Å². The second kappa shape index (κ2) is 25.2. The molecule has 1 aliphatic rings. The average Bonchev–Trinajstić information content (AvgIpc) is 2.96. The highest BCUT2D eigenvalue weighted by Gasteiger charge is 2.31. The minimum absolute atomic E-state index is 0.0381. The zero-order valence-electron chi connectivity index (χ0n) is 27.8. The molecule has 44 heavy (non-hydrogen) atoms. The number of nitrogens with zero attached hydrogens (tertiary/aromatic N) is 2. The van der Waals surface area contributed by atoms with Crippen molar-refractivity contribution in [2.75, 3.05) is 76.3 Å². The molecule has 16 heteroatoms. The lowest BCUT2D eigenvalue weighted by Gasteiger charge is -2.35. The second-order valence-corrected chi connectivity index (χ2v) is 14.6. The van der Waals surface area contributed by atoms with Crippen LogP contribution in [0.1, 0.15) is 53.7 Å². The first-order valence-electron chi connectivity index (χ1n) is 15.9. The van der Waals surface area contributed by atoms with Gasteiger partial charge in [0.2, 0.25) is 0 Å². The number of ether oxygens (including phenoxy) is 1. The first kappa shape index (κ1) is 37.5. The molecule has 0 aromatic heterocycles. The first-order chi connectivity index (χ1) is 21.9. The summed E-state index contributed by atoms with van der Waals surface area (Å²) in [7, 11) is 1.74. The molecule has 0 aromatic carbocycles. The van der Waals surface area contributed by atoms with Crippen molar-refractivity contribution in [2.24, 2.45) is 5.73 Å². The van der Waals surface area contributed by atoms with E-state index in [1.54, 1.807) is 4.90 Å². The molecule has 0 saturated heterocycles. The maximum absolute atomic E-state index is 12.9. The Hall–Kier alpha value is -0.980. The van der Waals surface area contributed by atoms with Crippen molar-refractivity contribution >= 4 is 76.2 Å². The van der Waals surface area contributed by atoms with Crippen LogP contribution in [-0.4, -0.2) is 131 Å². The molecule has 1 fully saturated rings. The fraction of sp³-hybridized carbons (Fsp3) is 0.786. The van der Waals surface area contributed by atoms with Crippen LogP contribution in [-0.2, 0) is 38.3 Å². The predicted octanol–water partition coefficient (Wildman–Crippen LogP) is 1.48. The summed E-state index contributed by atoms with van der Waals surface area (Å²) in [5.41, 5.74) is 4.00. The Balaban J connectivity index is 2.67. The third kappa shape index (κ3) is 20.2. The van der Waals surface area contributed by atoms with Gasteiger partial charge in [-0.05, 0) is 52.7 Å². The Morgan fingerprint density at radius 3 is 2.20 bits per heavy atom. The zero-order chi connectivity index (χ0) is 34.3. The topological polar surface area (TPSA) is 165 Å². The van der Waals surface area contributed by atoms with E-state index in [4.69, 9.17) is 12.4 Å². The number of hydrogen-bond donors (Lipinski definition) is 2. The second-order valence-electron chi connectivity index (χ2n) is 10.4. The Kier molecular flexibility index (Phi) is 21.4. The van der Waals surface area contributed by atoms with Gasteiger partial charge in [0.25, 0.3) is 0 Å². The predicted molar refractivity (Wildman–Crippen MR) is 181 cm³/mol. The molecule has 3 N–H and O–H groups in total. The SMILES string of the molecule is [3H]NCC(=O)PCOC(=O)CN(CCN(CC(=O)CCCSC1CCC1SCCCC)CC(=O)ONCC(=O)C([3H])P)CC(C)=O. The lowest BCUT2D eigenvalue weighted by atomic mass is 9.99. The van der Waals surface area contributed by atoms with Crippen LogP contribution in [0, 0.1) is 0 Å². The van der Waals surface area contributed by atoms with Gasteiger partial charge in [0, 0.05) is 37.5 Å². The van der Waals surface area contributed by atoms with Crippen molar-refractivity contribution in [2.45, 2.75) is 62.9 Å². The maximum atomic E-state index is 12.9. The zero-order valence-corrected chi connectivity index (χ0v) is 29.6. The summed E-state index contributed by atoms with van der Waals surface area (Å²) in [4.78, 5) is 80.9. The number of rotatable bonds is 29. The van der Waals surface area contributed by atoms with Crippen LogP contribution in [0.25, 0.3) is 0 Å². The monoisotopic (exact) mass is 700 g/mol. The van der Waals surface area contributed by atoms with E-state index in [0.29, 0.717) is 16.9 Å². The van der Waals surface area contributed by atoms with Crippen molar-refractivity contribution in [1.29, 1.82) is 0 Å². The van der Waals surface area contributed by atoms with Gasteiger partial charge in [0.05, 0.1) is 39.3 Å². The van der Waals surface area contributed by atoms with Crippen molar-refractivity contribution < 1.29 is 41.1 Å². The Labute approximate surface area is 277 Å². The molecule has 0 amide bonds. The van der Waals surface area contributed by atoms with Gasteiger partial charge in [-0.15, -0.1) is 14.7 Å². The minimum Gasteiger partial charge on any atom is -0.460 e. The van der Waals surface area contributed by atoms with E-state index in [9.17, 15) is 28.8 Å². The van der Waals surface area contributed by atoms with Gasteiger partial charge in [-0.25, -0.2) is 4.79 Å². The lowest BCUT2D eigenvalue weighted by molar-refractivity contribution is -0.153. The molecule has 0 aliphatic heterocycles. The van der Waals surface area contributed by atoms with Gasteiger partial charge >= 0.3 is 11.9 Å². The molecule has 0 radical (unpaired) electrons. The molecule has 0 spiro atoms. The quantitative estimate of drug-likeness (QED) is 0.0499. The van der Waals surface area contributed by atoms with Crippen LogP contribution in [0.3, 0.4) is 0 Å².